The fraction of sp³-hybridized carbons (Fsp3) is 0.0769. The van der Waals surface area contributed by atoms with Crippen LogP contribution in [0.2, 0.25) is 5.15 Å². The van der Waals surface area contributed by atoms with E-state index >= 15 is 0 Å². The Morgan fingerprint density at radius 3 is 2.81 bits per heavy atom. The average molecular weight is 306 g/mol. The molecule has 0 bridgehead atoms. The van der Waals surface area contributed by atoms with Gasteiger partial charge in [0, 0.05) is 18.3 Å². The summed E-state index contributed by atoms with van der Waals surface area (Å²) in [4.78, 5) is 26.1. The number of fused-ring (bicyclic) bond motifs is 1. The number of nitrogens with zero attached hydrogens (tertiary/aromatic N) is 3. The second-order valence-corrected chi connectivity index (χ2v) is 4.74. The van der Waals surface area contributed by atoms with Gasteiger partial charge in [-0.3, -0.25) is 14.7 Å². The Morgan fingerprint density at radius 1 is 1.33 bits per heavy atom. The maximum atomic E-state index is 11.9. The Labute approximate surface area is 122 Å². The number of rotatable bonds is 3. The third-order valence-corrected chi connectivity index (χ3v) is 3.21. The fourth-order valence-corrected chi connectivity index (χ4v) is 2.11. The first-order valence-corrected chi connectivity index (χ1v) is 6.30. The van der Waals surface area contributed by atoms with Crippen molar-refractivity contribution < 1.29 is 9.34 Å². The third-order valence-electron chi connectivity index (χ3n) is 2.99. The van der Waals surface area contributed by atoms with Crippen molar-refractivity contribution in [1.82, 2.24) is 9.55 Å². The maximum Gasteiger partial charge on any atom is 0.420 e. The van der Waals surface area contributed by atoms with Crippen LogP contribution < -0.4 is 5.76 Å². The quantitative estimate of drug-likeness (QED) is 0.421. The minimum absolute atomic E-state index is 0.105. The molecule has 1 aromatic carbocycles. The molecule has 0 unspecified atom stereocenters. The van der Waals surface area contributed by atoms with E-state index in [4.69, 9.17) is 16.0 Å². The number of oxazole rings is 1. The molecule has 106 valence electrons. The first-order valence-electron chi connectivity index (χ1n) is 5.93. The normalized spacial score (nSPS) is 10.9. The van der Waals surface area contributed by atoms with Gasteiger partial charge in [0.05, 0.1) is 17.0 Å². The smallest absolute Gasteiger partial charge is 0.408 e. The zero-order chi connectivity index (χ0) is 15.0. The SMILES string of the molecule is O=c1oc2ccc([N+](=O)[O-])cc2n1Cc1ccc(Cl)nc1. The van der Waals surface area contributed by atoms with Crippen molar-refractivity contribution in [2.24, 2.45) is 0 Å². The van der Waals surface area contributed by atoms with E-state index in [0.29, 0.717) is 16.3 Å². The van der Waals surface area contributed by atoms with Gasteiger partial charge in [-0.1, -0.05) is 17.7 Å². The van der Waals surface area contributed by atoms with Crippen LogP contribution >= 0.6 is 11.6 Å². The highest BCUT2D eigenvalue weighted by molar-refractivity contribution is 6.29. The summed E-state index contributed by atoms with van der Waals surface area (Å²) in [6.07, 6.45) is 1.53. The van der Waals surface area contributed by atoms with Gasteiger partial charge in [0.2, 0.25) is 0 Å². The summed E-state index contributed by atoms with van der Waals surface area (Å²) in [5, 5.41) is 11.2. The summed E-state index contributed by atoms with van der Waals surface area (Å²) in [5.41, 5.74) is 1.29. The van der Waals surface area contributed by atoms with E-state index in [0.717, 1.165) is 5.56 Å². The molecule has 0 aliphatic carbocycles. The number of nitro benzene ring substituents is 1. The van der Waals surface area contributed by atoms with Gasteiger partial charge in [0.1, 0.15) is 5.15 Å². The highest BCUT2D eigenvalue weighted by Gasteiger charge is 2.14. The molecule has 0 saturated heterocycles. The predicted molar refractivity (Wildman–Crippen MR) is 75.5 cm³/mol. The standard InChI is InChI=1S/C13H8ClN3O4/c14-12-4-1-8(6-15-12)7-16-10-5-9(17(19)20)2-3-11(10)21-13(16)18/h1-6H,7H2. The van der Waals surface area contributed by atoms with Crippen LogP contribution in [0.4, 0.5) is 5.69 Å². The molecule has 0 amide bonds. The van der Waals surface area contributed by atoms with E-state index in [1.807, 2.05) is 0 Å². The summed E-state index contributed by atoms with van der Waals surface area (Å²) in [6.45, 7) is 0.192. The van der Waals surface area contributed by atoms with Crippen molar-refractivity contribution in [3.63, 3.8) is 0 Å². The molecule has 3 rings (SSSR count). The van der Waals surface area contributed by atoms with Crippen molar-refractivity contribution >= 4 is 28.4 Å². The first-order chi connectivity index (χ1) is 10.0. The van der Waals surface area contributed by atoms with Crippen LogP contribution in [0.15, 0.2) is 45.7 Å². The van der Waals surface area contributed by atoms with Crippen molar-refractivity contribution in [2.45, 2.75) is 6.54 Å². The van der Waals surface area contributed by atoms with Crippen LogP contribution in [0.5, 0.6) is 0 Å². The minimum Gasteiger partial charge on any atom is -0.408 e. The van der Waals surface area contributed by atoms with E-state index < -0.39 is 10.7 Å². The zero-order valence-corrected chi connectivity index (χ0v) is 11.3. The molecular formula is C13H8ClN3O4. The van der Waals surface area contributed by atoms with E-state index in [1.54, 1.807) is 12.1 Å². The Hall–Kier alpha value is -2.67. The molecule has 2 aromatic heterocycles. The Balaban J connectivity index is 2.10. The van der Waals surface area contributed by atoms with E-state index in [2.05, 4.69) is 4.98 Å². The van der Waals surface area contributed by atoms with Crippen molar-refractivity contribution in [2.75, 3.05) is 0 Å². The Kier molecular flexibility index (Phi) is 3.19. The monoisotopic (exact) mass is 305 g/mol. The molecule has 0 N–H and O–H groups in total. The number of aromatic nitrogens is 2. The summed E-state index contributed by atoms with van der Waals surface area (Å²) in [6, 6.07) is 7.33. The molecule has 0 spiro atoms. The number of hydrogen-bond acceptors (Lipinski definition) is 5. The van der Waals surface area contributed by atoms with Crippen LogP contribution in [0.1, 0.15) is 5.56 Å². The molecule has 0 aliphatic rings. The molecule has 0 saturated carbocycles. The molecule has 0 aliphatic heterocycles. The van der Waals surface area contributed by atoms with Crippen LogP contribution in [0, 0.1) is 10.1 Å². The number of non-ortho nitro benzene ring substituents is 1. The highest BCUT2D eigenvalue weighted by Crippen LogP contribution is 2.20. The zero-order valence-electron chi connectivity index (χ0n) is 10.5. The highest BCUT2D eigenvalue weighted by atomic mass is 35.5. The summed E-state index contributed by atoms with van der Waals surface area (Å²) < 4.78 is 6.38. The van der Waals surface area contributed by atoms with Gasteiger partial charge in [0.15, 0.2) is 5.58 Å². The average Bonchev–Trinajstić information content (AvgIpc) is 2.77. The number of nitro groups is 1. The van der Waals surface area contributed by atoms with E-state index in [9.17, 15) is 14.9 Å². The lowest BCUT2D eigenvalue weighted by Crippen LogP contribution is -2.15. The number of pyridine rings is 1. The third kappa shape index (κ3) is 2.50. The lowest BCUT2D eigenvalue weighted by atomic mass is 10.2. The minimum atomic E-state index is -0.583. The summed E-state index contributed by atoms with van der Waals surface area (Å²) in [7, 11) is 0. The lowest BCUT2D eigenvalue weighted by Gasteiger charge is -2.02. The number of hydrogen-bond donors (Lipinski definition) is 0. The predicted octanol–water partition coefficient (Wildman–Crippen LogP) is 2.60. The second-order valence-electron chi connectivity index (χ2n) is 4.35. The molecule has 2 heterocycles. The molecule has 0 fully saturated rings. The number of halogens is 1. The van der Waals surface area contributed by atoms with Crippen LogP contribution in [-0.2, 0) is 6.54 Å². The fourth-order valence-electron chi connectivity index (χ4n) is 2.00. The lowest BCUT2D eigenvalue weighted by molar-refractivity contribution is -0.384. The molecule has 7 nitrogen and oxygen atoms in total. The van der Waals surface area contributed by atoms with Gasteiger partial charge in [-0.2, -0.15) is 0 Å². The van der Waals surface area contributed by atoms with Gasteiger partial charge in [-0.15, -0.1) is 0 Å². The molecule has 8 heteroatoms. The first kappa shape index (κ1) is 13.3. The van der Waals surface area contributed by atoms with Crippen molar-refractivity contribution in [3.05, 3.63) is 67.9 Å². The summed E-state index contributed by atoms with van der Waals surface area (Å²) >= 11 is 5.70. The van der Waals surface area contributed by atoms with E-state index in [-0.39, 0.29) is 12.2 Å². The Morgan fingerprint density at radius 2 is 2.14 bits per heavy atom. The van der Waals surface area contributed by atoms with Gasteiger partial charge < -0.3 is 4.42 Å². The maximum absolute atomic E-state index is 11.9. The second kappa shape index (κ2) is 5.02. The van der Waals surface area contributed by atoms with Crippen LogP contribution in [0.25, 0.3) is 11.1 Å². The Bertz CT molecular complexity index is 883. The molecule has 3 aromatic rings. The van der Waals surface area contributed by atoms with Crippen molar-refractivity contribution in [3.8, 4) is 0 Å². The molecule has 21 heavy (non-hydrogen) atoms. The largest absolute Gasteiger partial charge is 0.420 e. The number of benzene rings is 1. The topological polar surface area (TPSA) is 91.2 Å². The van der Waals surface area contributed by atoms with Gasteiger partial charge in [-0.25, -0.2) is 9.78 Å². The van der Waals surface area contributed by atoms with Gasteiger partial charge in [0.25, 0.3) is 5.69 Å². The van der Waals surface area contributed by atoms with Gasteiger partial charge >= 0.3 is 5.76 Å². The molecular weight excluding hydrogens is 298 g/mol. The molecule has 0 atom stereocenters. The van der Waals surface area contributed by atoms with E-state index in [1.165, 1.54) is 29.0 Å². The van der Waals surface area contributed by atoms with Gasteiger partial charge in [-0.05, 0) is 17.7 Å². The van der Waals surface area contributed by atoms with Crippen LogP contribution in [-0.4, -0.2) is 14.5 Å². The summed E-state index contributed by atoms with van der Waals surface area (Å²) in [5.74, 6) is -0.583. The van der Waals surface area contributed by atoms with Crippen molar-refractivity contribution in [1.29, 1.82) is 0 Å². The molecule has 0 radical (unpaired) electrons. The van der Waals surface area contributed by atoms with Crippen LogP contribution in [0.3, 0.4) is 0 Å².